The number of ether oxygens (including phenoxy) is 1. The van der Waals surface area contributed by atoms with E-state index in [1.807, 2.05) is 54.6 Å². The van der Waals surface area contributed by atoms with Crippen LogP contribution < -0.4 is 11.1 Å². The fraction of sp³-hybridized carbons (Fsp3) is 0.435. The average Bonchev–Trinajstić information content (AvgIpc) is 2.75. The smallest absolute Gasteiger partial charge is 0.407 e. The lowest BCUT2D eigenvalue weighted by Crippen LogP contribution is -2.49. The maximum absolute atomic E-state index is 11.9. The van der Waals surface area contributed by atoms with Gasteiger partial charge in [0.15, 0.2) is 0 Å². The van der Waals surface area contributed by atoms with Crippen molar-refractivity contribution in [2.24, 2.45) is 5.92 Å². The van der Waals surface area contributed by atoms with Crippen molar-refractivity contribution in [3.05, 3.63) is 60.2 Å². The van der Waals surface area contributed by atoms with Crippen LogP contribution in [0.4, 0.5) is 10.5 Å². The number of alkyl carbamates (subject to hydrolysis) is 1. The normalized spacial score (nSPS) is 14.2. The van der Waals surface area contributed by atoms with Gasteiger partial charge in [-0.25, -0.2) is 9.10 Å². The Morgan fingerprint density at radius 1 is 1.17 bits per heavy atom. The molecule has 0 aliphatic rings. The number of amides is 1. The van der Waals surface area contributed by atoms with E-state index >= 15 is 0 Å². The second-order valence-corrected chi connectivity index (χ2v) is 8.69. The van der Waals surface area contributed by atoms with E-state index in [0.29, 0.717) is 18.9 Å². The molecule has 0 aromatic heterocycles. The molecule has 1 amide bonds. The lowest BCUT2D eigenvalue weighted by molar-refractivity contribution is 0.0963. The number of rotatable bonds is 11. The molecule has 6 nitrogen and oxygen atoms in total. The van der Waals surface area contributed by atoms with Crippen LogP contribution >= 0.6 is 11.9 Å². The zero-order valence-electron chi connectivity index (χ0n) is 18.0. The number of benzene rings is 2. The van der Waals surface area contributed by atoms with Crippen LogP contribution in [0.5, 0.6) is 0 Å². The quantitative estimate of drug-likeness (QED) is 0.369. The number of nitrogen functional groups attached to an aromatic ring is 1. The van der Waals surface area contributed by atoms with E-state index in [1.54, 1.807) is 11.9 Å². The van der Waals surface area contributed by atoms with Gasteiger partial charge in [-0.2, -0.15) is 0 Å². The molecule has 2 aromatic carbocycles. The van der Waals surface area contributed by atoms with Crippen molar-refractivity contribution in [3.63, 3.8) is 0 Å². The predicted molar refractivity (Wildman–Crippen MR) is 123 cm³/mol. The minimum atomic E-state index is -0.769. The van der Waals surface area contributed by atoms with Gasteiger partial charge in [0, 0.05) is 23.7 Å². The van der Waals surface area contributed by atoms with Crippen molar-refractivity contribution in [3.8, 4) is 0 Å². The summed E-state index contributed by atoms with van der Waals surface area (Å²) < 4.78 is 6.92. The summed E-state index contributed by atoms with van der Waals surface area (Å²) in [6.45, 7) is 5.57. The third kappa shape index (κ3) is 8.26. The molecule has 0 fully saturated rings. The number of carbonyl (C=O) groups is 1. The zero-order chi connectivity index (χ0) is 21.9. The molecule has 0 heterocycles. The van der Waals surface area contributed by atoms with E-state index in [0.717, 1.165) is 29.1 Å². The summed E-state index contributed by atoms with van der Waals surface area (Å²) in [6.07, 6.45) is 0.244. The summed E-state index contributed by atoms with van der Waals surface area (Å²) in [6, 6.07) is 17.0. The van der Waals surface area contributed by atoms with E-state index in [4.69, 9.17) is 10.5 Å². The molecule has 164 valence electrons. The molecule has 0 spiro atoms. The summed E-state index contributed by atoms with van der Waals surface area (Å²) in [5.41, 5.74) is 7.56. The molecule has 2 aromatic rings. The van der Waals surface area contributed by atoms with Gasteiger partial charge in [0.25, 0.3) is 0 Å². The van der Waals surface area contributed by atoms with Crippen LogP contribution in [-0.4, -0.2) is 47.9 Å². The molecule has 4 N–H and O–H groups in total. The summed E-state index contributed by atoms with van der Waals surface area (Å²) in [4.78, 5) is 12.9. The summed E-state index contributed by atoms with van der Waals surface area (Å²) in [7, 11) is 1.33. The van der Waals surface area contributed by atoms with E-state index in [1.165, 1.54) is 7.11 Å². The molecular formula is C23H33N3O3S. The summed E-state index contributed by atoms with van der Waals surface area (Å²) in [5.74, 6) is 0.472. The number of nitrogens with one attached hydrogen (secondary N) is 1. The van der Waals surface area contributed by atoms with Gasteiger partial charge < -0.3 is 20.9 Å². The SMILES string of the molecule is CCC(C)CN(CC(O)C(Cc1ccccc1)NC(=O)OC)Sc1ccc(N)cc1. The lowest BCUT2D eigenvalue weighted by atomic mass is 10.0. The summed E-state index contributed by atoms with van der Waals surface area (Å²) >= 11 is 1.59. The molecule has 3 atom stereocenters. The third-order valence-electron chi connectivity index (χ3n) is 4.97. The molecule has 0 saturated heterocycles. The zero-order valence-corrected chi connectivity index (χ0v) is 18.8. The first-order valence-electron chi connectivity index (χ1n) is 10.3. The molecule has 7 heteroatoms. The van der Waals surface area contributed by atoms with Gasteiger partial charge in [0.1, 0.15) is 0 Å². The third-order valence-corrected chi connectivity index (χ3v) is 6.01. The Morgan fingerprint density at radius 2 is 1.83 bits per heavy atom. The minimum absolute atomic E-state index is 0.404. The van der Waals surface area contributed by atoms with Gasteiger partial charge in [0.05, 0.1) is 19.3 Å². The topological polar surface area (TPSA) is 87.8 Å². The molecule has 0 bridgehead atoms. The van der Waals surface area contributed by atoms with E-state index in [9.17, 15) is 9.90 Å². The van der Waals surface area contributed by atoms with Crippen molar-refractivity contribution in [2.45, 2.75) is 43.7 Å². The highest BCUT2D eigenvalue weighted by Crippen LogP contribution is 2.26. The van der Waals surface area contributed by atoms with Crippen LogP contribution in [0, 0.1) is 5.92 Å². The molecule has 0 aliphatic heterocycles. The van der Waals surface area contributed by atoms with Gasteiger partial charge in [-0.1, -0.05) is 50.6 Å². The van der Waals surface area contributed by atoms with Crippen LogP contribution in [0.1, 0.15) is 25.8 Å². The Morgan fingerprint density at radius 3 is 2.43 bits per heavy atom. The number of nitrogens with two attached hydrogens (primary N) is 1. The maximum atomic E-state index is 11.9. The predicted octanol–water partition coefficient (Wildman–Crippen LogP) is 3.95. The average molecular weight is 432 g/mol. The van der Waals surface area contributed by atoms with Crippen LogP contribution in [-0.2, 0) is 11.2 Å². The Balaban J connectivity index is 2.13. The number of hydrogen-bond donors (Lipinski definition) is 3. The minimum Gasteiger partial charge on any atom is -0.453 e. The number of carbonyl (C=O) groups excluding carboxylic acids is 1. The van der Waals surface area contributed by atoms with Gasteiger partial charge >= 0.3 is 6.09 Å². The highest BCUT2D eigenvalue weighted by Gasteiger charge is 2.25. The van der Waals surface area contributed by atoms with E-state index in [-0.39, 0.29) is 0 Å². The molecule has 2 rings (SSSR count). The second kappa shape index (κ2) is 12.5. The molecular weight excluding hydrogens is 398 g/mol. The van der Waals surface area contributed by atoms with Gasteiger partial charge in [-0.05, 0) is 54.1 Å². The van der Waals surface area contributed by atoms with Crippen molar-refractivity contribution in [1.29, 1.82) is 0 Å². The van der Waals surface area contributed by atoms with Crippen molar-refractivity contribution < 1.29 is 14.6 Å². The number of aliphatic hydroxyl groups is 1. The number of methoxy groups -OCH3 is 1. The first-order chi connectivity index (χ1) is 14.4. The Bertz CT molecular complexity index is 758. The van der Waals surface area contributed by atoms with Gasteiger partial charge in [-0.15, -0.1) is 0 Å². The van der Waals surface area contributed by atoms with Gasteiger partial charge in [-0.3, -0.25) is 0 Å². The largest absolute Gasteiger partial charge is 0.453 e. The standard InChI is InChI=1S/C23H33N3O3S/c1-4-17(2)15-26(30-20-12-10-19(24)11-13-20)16-22(27)21(25-23(28)29-3)14-18-8-6-5-7-9-18/h5-13,17,21-22,27H,4,14-16,24H2,1-3H3,(H,25,28). The second-order valence-electron chi connectivity index (χ2n) is 7.52. The Labute approximate surface area is 183 Å². The first kappa shape index (κ1) is 24.1. The maximum Gasteiger partial charge on any atom is 0.407 e. The highest BCUT2D eigenvalue weighted by atomic mass is 32.2. The number of anilines is 1. The number of nitrogens with zero attached hydrogens (tertiary/aromatic N) is 1. The molecule has 0 saturated carbocycles. The molecule has 0 aliphatic carbocycles. The number of aliphatic hydroxyl groups excluding tert-OH is 1. The molecule has 0 radical (unpaired) electrons. The first-order valence-corrected chi connectivity index (χ1v) is 11.0. The lowest BCUT2D eigenvalue weighted by Gasteiger charge is -2.30. The fourth-order valence-corrected chi connectivity index (χ4v) is 4.11. The monoisotopic (exact) mass is 431 g/mol. The van der Waals surface area contributed by atoms with E-state index < -0.39 is 18.2 Å². The Kier molecular flexibility index (Phi) is 10.00. The fourth-order valence-electron chi connectivity index (χ4n) is 3.00. The van der Waals surface area contributed by atoms with Crippen molar-refractivity contribution >= 4 is 23.7 Å². The van der Waals surface area contributed by atoms with Crippen molar-refractivity contribution in [2.75, 3.05) is 25.9 Å². The molecule has 30 heavy (non-hydrogen) atoms. The van der Waals surface area contributed by atoms with Crippen LogP contribution in [0.25, 0.3) is 0 Å². The van der Waals surface area contributed by atoms with E-state index in [2.05, 4.69) is 23.5 Å². The van der Waals surface area contributed by atoms with Crippen LogP contribution in [0.2, 0.25) is 0 Å². The highest BCUT2D eigenvalue weighted by molar-refractivity contribution is 7.97. The number of hydrogen-bond acceptors (Lipinski definition) is 6. The Hall–Kier alpha value is -2.22. The summed E-state index contributed by atoms with van der Waals surface area (Å²) in [5, 5.41) is 13.8. The molecule has 3 unspecified atom stereocenters. The van der Waals surface area contributed by atoms with Gasteiger partial charge in [0.2, 0.25) is 0 Å². The van der Waals surface area contributed by atoms with Crippen LogP contribution in [0.15, 0.2) is 59.5 Å². The van der Waals surface area contributed by atoms with Crippen LogP contribution in [0.3, 0.4) is 0 Å². The van der Waals surface area contributed by atoms with Crippen molar-refractivity contribution in [1.82, 2.24) is 9.62 Å².